The van der Waals surface area contributed by atoms with Gasteiger partial charge in [0.05, 0.1) is 0 Å². The van der Waals surface area contributed by atoms with Gasteiger partial charge in [-0.2, -0.15) is 0 Å². The monoisotopic (exact) mass is 483 g/mol. The van der Waals surface area contributed by atoms with Crippen LogP contribution in [0.4, 0.5) is 5.69 Å². The number of amides is 2. The number of piperidine rings is 1. The third-order valence-corrected chi connectivity index (χ3v) is 7.16. The highest BCUT2D eigenvalue weighted by atomic mass is 16.3. The highest BCUT2D eigenvalue weighted by Crippen LogP contribution is 2.31. The molecule has 6 nitrogen and oxygen atoms in total. The second kappa shape index (κ2) is 10.5. The number of anilines is 1. The van der Waals surface area contributed by atoms with Crippen LogP contribution in [0.5, 0.6) is 0 Å². The lowest BCUT2D eigenvalue weighted by Crippen LogP contribution is -2.35. The Morgan fingerprint density at radius 3 is 2.56 bits per heavy atom. The van der Waals surface area contributed by atoms with E-state index in [9.17, 15) is 9.59 Å². The predicted octanol–water partition coefficient (Wildman–Crippen LogP) is 5.85. The van der Waals surface area contributed by atoms with E-state index in [2.05, 4.69) is 46.7 Å². The van der Waals surface area contributed by atoms with Crippen LogP contribution in [0.15, 0.2) is 65.1 Å². The molecule has 0 aliphatic carbocycles. The van der Waals surface area contributed by atoms with Crippen LogP contribution in [0.2, 0.25) is 0 Å². The molecule has 186 valence electrons. The van der Waals surface area contributed by atoms with Gasteiger partial charge in [-0.15, -0.1) is 0 Å². The molecule has 1 aliphatic rings. The van der Waals surface area contributed by atoms with Crippen molar-refractivity contribution >= 4 is 39.2 Å². The quantitative estimate of drug-likeness (QED) is 0.323. The first-order valence-corrected chi connectivity index (χ1v) is 12.8. The molecule has 3 aromatic carbocycles. The summed E-state index contributed by atoms with van der Waals surface area (Å²) in [6.45, 7) is 7.28. The van der Waals surface area contributed by atoms with Gasteiger partial charge in [-0.25, -0.2) is 0 Å². The van der Waals surface area contributed by atoms with E-state index in [0.717, 1.165) is 66.3 Å². The van der Waals surface area contributed by atoms with Gasteiger partial charge < -0.3 is 20.0 Å². The number of benzene rings is 3. The van der Waals surface area contributed by atoms with Crippen LogP contribution in [0.3, 0.4) is 0 Å². The lowest BCUT2D eigenvalue weighted by molar-refractivity contribution is -0.114. The van der Waals surface area contributed by atoms with E-state index in [-0.39, 0.29) is 11.8 Å². The van der Waals surface area contributed by atoms with Crippen LogP contribution in [0.25, 0.3) is 21.7 Å². The van der Waals surface area contributed by atoms with Crippen molar-refractivity contribution in [3.63, 3.8) is 0 Å². The number of nitrogens with one attached hydrogen (secondary N) is 2. The minimum atomic E-state index is -0.161. The molecule has 2 N–H and O–H groups in total. The molecule has 5 rings (SSSR count). The summed E-state index contributed by atoms with van der Waals surface area (Å²) in [6, 6.07) is 20.3. The zero-order valence-electron chi connectivity index (χ0n) is 21.0. The van der Waals surface area contributed by atoms with Crippen LogP contribution in [-0.2, 0) is 4.79 Å². The number of carbonyl (C=O) groups excluding carboxylic acids is 2. The van der Waals surface area contributed by atoms with Gasteiger partial charge in [0, 0.05) is 29.9 Å². The van der Waals surface area contributed by atoms with Crippen LogP contribution in [0.1, 0.15) is 53.8 Å². The Labute approximate surface area is 211 Å². The third kappa shape index (κ3) is 5.29. The fourth-order valence-corrected chi connectivity index (χ4v) is 5.33. The van der Waals surface area contributed by atoms with Crippen LogP contribution in [-0.4, -0.2) is 42.9 Å². The van der Waals surface area contributed by atoms with Gasteiger partial charge in [0.1, 0.15) is 5.58 Å². The van der Waals surface area contributed by atoms with Crippen molar-refractivity contribution in [3.8, 4) is 0 Å². The number of nitrogens with zero attached hydrogens (tertiary/aromatic N) is 1. The Hall–Kier alpha value is -3.64. The molecule has 6 heteroatoms. The predicted molar refractivity (Wildman–Crippen MR) is 145 cm³/mol. The van der Waals surface area contributed by atoms with Crippen molar-refractivity contribution < 1.29 is 14.0 Å². The van der Waals surface area contributed by atoms with Gasteiger partial charge in [0.15, 0.2) is 5.76 Å². The van der Waals surface area contributed by atoms with Crippen molar-refractivity contribution in [1.29, 1.82) is 0 Å². The minimum absolute atomic E-state index is 0.0435. The standard InChI is InChI=1S/C30H33N3O3/c1-20-17-24-19-28(36-29(24)27-10-4-3-9-26(20)27)30(35)31-13-6-14-33-15-11-22(12-16-33)23-7-5-8-25(18-23)32-21(2)34/h3-5,7-10,17-19,22H,6,11-16H2,1-2H3,(H,31,35)(H,32,34). The largest absolute Gasteiger partial charge is 0.450 e. The number of rotatable bonds is 7. The van der Waals surface area contributed by atoms with Crippen LogP contribution < -0.4 is 10.6 Å². The molecule has 1 fully saturated rings. The van der Waals surface area contributed by atoms with Gasteiger partial charge in [-0.05, 0) is 92.5 Å². The van der Waals surface area contributed by atoms with E-state index >= 15 is 0 Å². The van der Waals surface area contributed by atoms with Crippen LogP contribution >= 0.6 is 0 Å². The first-order chi connectivity index (χ1) is 17.5. The van der Waals surface area contributed by atoms with Gasteiger partial charge in [-0.3, -0.25) is 9.59 Å². The van der Waals surface area contributed by atoms with E-state index in [4.69, 9.17) is 4.42 Å². The molecule has 0 saturated carbocycles. The molecule has 0 radical (unpaired) electrons. The number of likely N-dealkylation sites (tertiary alicyclic amines) is 1. The third-order valence-electron chi connectivity index (χ3n) is 7.16. The summed E-state index contributed by atoms with van der Waals surface area (Å²) in [5.41, 5.74) is 4.11. The van der Waals surface area contributed by atoms with Crippen LogP contribution in [0, 0.1) is 6.92 Å². The number of hydrogen-bond acceptors (Lipinski definition) is 4. The van der Waals surface area contributed by atoms with Crippen molar-refractivity contribution in [3.05, 3.63) is 77.6 Å². The molecule has 0 atom stereocenters. The first-order valence-electron chi connectivity index (χ1n) is 12.8. The maximum Gasteiger partial charge on any atom is 0.287 e. The molecular formula is C30H33N3O3. The Bertz CT molecular complexity index is 1400. The lowest BCUT2D eigenvalue weighted by Gasteiger charge is -2.32. The Balaban J connectivity index is 1.10. The zero-order chi connectivity index (χ0) is 25.1. The van der Waals surface area contributed by atoms with Crippen molar-refractivity contribution in [1.82, 2.24) is 10.2 Å². The zero-order valence-corrected chi connectivity index (χ0v) is 21.0. The fourth-order valence-electron chi connectivity index (χ4n) is 5.33. The smallest absolute Gasteiger partial charge is 0.287 e. The van der Waals surface area contributed by atoms with Gasteiger partial charge >= 0.3 is 0 Å². The Kier molecular flexibility index (Phi) is 7.05. The number of aryl methyl sites for hydroxylation is 1. The second-order valence-electron chi connectivity index (χ2n) is 9.80. The number of furan rings is 1. The SMILES string of the molecule is CC(=O)Nc1cccc(C2CCN(CCCNC(=O)c3cc4cc(C)c5ccccc5c4o3)CC2)c1. The lowest BCUT2D eigenvalue weighted by atomic mass is 9.89. The molecule has 0 bridgehead atoms. The molecule has 0 spiro atoms. The molecule has 2 heterocycles. The molecule has 36 heavy (non-hydrogen) atoms. The average molecular weight is 484 g/mol. The number of hydrogen-bond donors (Lipinski definition) is 2. The highest BCUT2D eigenvalue weighted by Gasteiger charge is 2.21. The van der Waals surface area contributed by atoms with E-state index in [1.807, 2.05) is 36.4 Å². The summed E-state index contributed by atoms with van der Waals surface area (Å²) in [7, 11) is 0. The van der Waals surface area contributed by atoms with E-state index < -0.39 is 0 Å². The summed E-state index contributed by atoms with van der Waals surface area (Å²) in [5.74, 6) is 0.675. The molecule has 0 unspecified atom stereocenters. The minimum Gasteiger partial charge on any atom is -0.450 e. The molecular weight excluding hydrogens is 450 g/mol. The normalized spacial score (nSPS) is 14.8. The highest BCUT2D eigenvalue weighted by molar-refractivity contribution is 6.08. The molecule has 1 saturated heterocycles. The van der Waals surface area contributed by atoms with Crippen molar-refractivity contribution in [2.45, 2.75) is 39.0 Å². The second-order valence-corrected chi connectivity index (χ2v) is 9.80. The topological polar surface area (TPSA) is 74.6 Å². The number of carbonyl (C=O) groups is 2. The van der Waals surface area contributed by atoms with E-state index in [1.54, 1.807) is 0 Å². The van der Waals surface area contributed by atoms with Gasteiger partial charge in [0.25, 0.3) is 5.91 Å². The maximum absolute atomic E-state index is 12.7. The molecule has 1 aliphatic heterocycles. The van der Waals surface area contributed by atoms with E-state index in [1.165, 1.54) is 18.1 Å². The first kappa shape index (κ1) is 24.1. The summed E-state index contributed by atoms with van der Waals surface area (Å²) < 4.78 is 5.98. The molecule has 4 aromatic rings. The summed E-state index contributed by atoms with van der Waals surface area (Å²) in [5, 5.41) is 9.05. The van der Waals surface area contributed by atoms with Crippen molar-refractivity contribution in [2.75, 3.05) is 31.5 Å². The average Bonchev–Trinajstić information content (AvgIpc) is 3.31. The van der Waals surface area contributed by atoms with Crippen molar-refractivity contribution in [2.24, 2.45) is 0 Å². The fraction of sp³-hybridized carbons (Fsp3) is 0.333. The van der Waals surface area contributed by atoms with Gasteiger partial charge in [-0.1, -0.05) is 36.4 Å². The number of fused-ring (bicyclic) bond motifs is 3. The Morgan fingerprint density at radius 1 is 1.00 bits per heavy atom. The summed E-state index contributed by atoms with van der Waals surface area (Å²) in [6.07, 6.45) is 3.10. The Morgan fingerprint density at radius 2 is 1.78 bits per heavy atom. The summed E-state index contributed by atoms with van der Waals surface area (Å²) >= 11 is 0. The molecule has 2 amide bonds. The van der Waals surface area contributed by atoms with Gasteiger partial charge in [0.2, 0.25) is 5.91 Å². The van der Waals surface area contributed by atoms with E-state index in [0.29, 0.717) is 18.2 Å². The maximum atomic E-state index is 12.7. The molecule has 1 aromatic heterocycles. The summed E-state index contributed by atoms with van der Waals surface area (Å²) in [4.78, 5) is 26.5.